The quantitative estimate of drug-likeness (QED) is 0.637. The molecule has 0 bridgehead atoms. The lowest BCUT2D eigenvalue weighted by molar-refractivity contribution is -0.384. The van der Waals surface area contributed by atoms with Gasteiger partial charge >= 0.3 is 0 Å². The van der Waals surface area contributed by atoms with Gasteiger partial charge in [0.05, 0.1) is 4.92 Å². The van der Waals surface area contributed by atoms with Gasteiger partial charge in [0.1, 0.15) is 0 Å². The van der Waals surface area contributed by atoms with Crippen LogP contribution < -0.4 is 5.32 Å². The lowest BCUT2D eigenvalue weighted by Crippen LogP contribution is -2.41. The molecule has 4 nitrogen and oxygen atoms in total. The number of benzene rings is 1. The van der Waals surface area contributed by atoms with Crippen LogP contribution in [0.15, 0.2) is 24.3 Å². The van der Waals surface area contributed by atoms with E-state index < -0.39 is 0 Å². The monoisotopic (exact) mass is 290 g/mol. The highest BCUT2D eigenvalue weighted by Crippen LogP contribution is 2.31. The van der Waals surface area contributed by atoms with Crippen molar-refractivity contribution in [2.45, 2.75) is 52.0 Å². The highest BCUT2D eigenvalue weighted by Gasteiger charge is 2.28. The average Bonchev–Trinajstić information content (AvgIpc) is 2.47. The molecule has 1 aromatic rings. The van der Waals surface area contributed by atoms with E-state index in [1.807, 2.05) is 12.1 Å². The van der Waals surface area contributed by atoms with Crippen LogP contribution in [0.5, 0.6) is 0 Å². The van der Waals surface area contributed by atoms with Crippen LogP contribution in [0, 0.1) is 22.0 Å². The van der Waals surface area contributed by atoms with E-state index in [0.717, 1.165) is 25.3 Å². The van der Waals surface area contributed by atoms with Crippen molar-refractivity contribution in [3.63, 3.8) is 0 Å². The predicted molar refractivity (Wildman–Crippen MR) is 85.4 cm³/mol. The fourth-order valence-electron chi connectivity index (χ4n) is 3.38. The summed E-state index contributed by atoms with van der Waals surface area (Å²) < 4.78 is 0. The van der Waals surface area contributed by atoms with Gasteiger partial charge in [-0.15, -0.1) is 0 Å². The number of hydrogen-bond donors (Lipinski definition) is 1. The molecule has 0 aromatic heterocycles. The molecule has 1 aromatic carbocycles. The Hall–Kier alpha value is -1.42. The number of nitro benzene ring substituents is 1. The van der Waals surface area contributed by atoms with Crippen molar-refractivity contribution >= 4 is 5.69 Å². The third-order valence-corrected chi connectivity index (χ3v) is 4.55. The molecule has 0 saturated heterocycles. The van der Waals surface area contributed by atoms with Gasteiger partial charge in [0, 0.05) is 18.2 Å². The molecule has 1 fully saturated rings. The van der Waals surface area contributed by atoms with E-state index in [1.54, 1.807) is 12.1 Å². The zero-order valence-electron chi connectivity index (χ0n) is 13.0. The summed E-state index contributed by atoms with van der Waals surface area (Å²) >= 11 is 0. The van der Waals surface area contributed by atoms with Crippen molar-refractivity contribution in [2.75, 3.05) is 6.54 Å². The number of nitrogens with one attached hydrogen (secondary N) is 1. The maximum absolute atomic E-state index is 10.7. The molecule has 0 amide bonds. The number of nitro groups is 1. The smallest absolute Gasteiger partial charge is 0.269 e. The third kappa shape index (κ3) is 4.53. The number of nitrogens with zero attached hydrogens (tertiary/aromatic N) is 1. The van der Waals surface area contributed by atoms with Gasteiger partial charge in [-0.05, 0) is 56.0 Å². The fraction of sp³-hybridized carbons (Fsp3) is 0.647. The Morgan fingerprint density at radius 3 is 2.62 bits per heavy atom. The number of non-ortho nitro benzene ring substituents is 1. The Labute approximate surface area is 127 Å². The predicted octanol–water partition coefficient (Wildman–Crippen LogP) is 3.94. The number of hydrogen-bond acceptors (Lipinski definition) is 3. The molecule has 1 aliphatic rings. The van der Waals surface area contributed by atoms with Crippen molar-refractivity contribution in [2.24, 2.45) is 11.8 Å². The molecule has 4 heteroatoms. The van der Waals surface area contributed by atoms with Gasteiger partial charge in [-0.3, -0.25) is 10.1 Å². The van der Waals surface area contributed by atoms with Crippen molar-refractivity contribution in [3.05, 3.63) is 39.9 Å². The largest absolute Gasteiger partial charge is 0.314 e. The second-order valence-electron chi connectivity index (χ2n) is 6.37. The Morgan fingerprint density at radius 2 is 2.00 bits per heavy atom. The Morgan fingerprint density at radius 1 is 1.29 bits per heavy atom. The van der Waals surface area contributed by atoms with Crippen molar-refractivity contribution in [1.29, 1.82) is 0 Å². The zero-order chi connectivity index (χ0) is 15.2. The van der Waals surface area contributed by atoms with Crippen molar-refractivity contribution in [1.82, 2.24) is 5.32 Å². The third-order valence-electron chi connectivity index (χ3n) is 4.55. The first-order valence-corrected chi connectivity index (χ1v) is 8.06. The van der Waals surface area contributed by atoms with Crippen LogP contribution >= 0.6 is 0 Å². The van der Waals surface area contributed by atoms with E-state index in [4.69, 9.17) is 0 Å². The lowest BCUT2D eigenvalue weighted by atomic mass is 9.76. The molecular formula is C17H26N2O2. The summed E-state index contributed by atoms with van der Waals surface area (Å²) in [5, 5.41) is 14.4. The highest BCUT2D eigenvalue weighted by molar-refractivity contribution is 5.33. The van der Waals surface area contributed by atoms with Crippen LogP contribution in [0.25, 0.3) is 0 Å². The maximum Gasteiger partial charge on any atom is 0.269 e. The standard InChI is InChI=1S/C17H26N2O2/c1-3-10-18-17-9-4-13(2)11-15(17)12-14-5-7-16(8-6-14)19(20)21/h5-8,13,15,17-18H,3-4,9-12H2,1-2H3. The van der Waals surface area contributed by atoms with Gasteiger partial charge in [0.2, 0.25) is 0 Å². The van der Waals surface area contributed by atoms with Gasteiger partial charge in [-0.25, -0.2) is 0 Å². The van der Waals surface area contributed by atoms with E-state index in [-0.39, 0.29) is 10.6 Å². The SMILES string of the molecule is CCCNC1CCC(C)CC1Cc1ccc([N+](=O)[O-])cc1. The molecule has 2 rings (SSSR count). The molecule has 0 aliphatic heterocycles. The topological polar surface area (TPSA) is 55.2 Å². The van der Waals surface area contributed by atoms with Gasteiger partial charge in [-0.2, -0.15) is 0 Å². The molecule has 0 radical (unpaired) electrons. The Kier molecular flexibility index (Phi) is 5.74. The van der Waals surface area contributed by atoms with Crippen LogP contribution in [0.4, 0.5) is 5.69 Å². The lowest BCUT2D eigenvalue weighted by Gasteiger charge is -2.35. The summed E-state index contributed by atoms with van der Waals surface area (Å²) in [5.41, 5.74) is 1.39. The Balaban J connectivity index is 2.01. The van der Waals surface area contributed by atoms with Gasteiger partial charge in [0.25, 0.3) is 5.69 Å². The van der Waals surface area contributed by atoms with Crippen LogP contribution in [-0.2, 0) is 6.42 Å². The number of rotatable bonds is 6. The van der Waals surface area contributed by atoms with E-state index in [9.17, 15) is 10.1 Å². The van der Waals surface area contributed by atoms with E-state index in [1.165, 1.54) is 24.8 Å². The van der Waals surface area contributed by atoms with E-state index in [2.05, 4.69) is 19.2 Å². The first-order chi connectivity index (χ1) is 10.1. The summed E-state index contributed by atoms with van der Waals surface area (Å²) in [6, 6.07) is 7.66. The first-order valence-electron chi connectivity index (χ1n) is 8.06. The zero-order valence-corrected chi connectivity index (χ0v) is 13.0. The van der Waals surface area contributed by atoms with Gasteiger partial charge < -0.3 is 5.32 Å². The molecule has 21 heavy (non-hydrogen) atoms. The van der Waals surface area contributed by atoms with Crippen LogP contribution in [0.3, 0.4) is 0 Å². The molecule has 0 spiro atoms. The highest BCUT2D eigenvalue weighted by atomic mass is 16.6. The molecule has 1 saturated carbocycles. The van der Waals surface area contributed by atoms with Crippen molar-refractivity contribution in [3.8, 4) is 0 Å². The molecule has 3 atom stereocenters. The summed E-state index contributed by atoms with van der Waals surface area (Å²) in [5.74, 6) is 1.43. The summed E-state index contributed by atoms with van der Waals surface area (Å²) in [7, 11) is 0. The average molecular weight is 290 g/mol. The van der Waals surface area contributed by atoms with Crippen LogP contribution in [0.1, 0.15) is 45.1 Å². The van der Waals surface area contributed by atoms with Crippen LogP contribution in [-0.4, -0.2) is 17.5 Å². The fourth-order valence-corrected chi connectivity index (χ4v) is 3.38. The van der Waals surface area contributed by atoms with Gasteiger partial charge in [0.15, 0.2) is 0 Å². The normalized spacial score (nSPS) is 25.7. The molecule has 116 valence electrons. The molecule has 1 aliphatic carbocycles. The van der Waals surface area contributed by atoms with Crippen LogP contribution in [0.2, 0.25) is 0 Å². The molecule has 1 N–H and O–H groups in total. The van der Waals surface area contributed by atoms with Gasteiger partial charge in [-0.1, -0.05) is 26.0 Å². The first kappa shape index (κ1) is 16.0. The minimum atomic E-state index is -0.335. The van der Waals surface area contributed by atoms with Crippen molar-refractivity contribution < 1.29 is 4.92 Å². The summed E-state index contributed by atoms with van der Waals surface area (Å²) in [6.45, 7) is 5.61. The minimum Gasteiger partial charge on any atom is -0.314 e. The van der Waals surface area contributed by atoms with E-state index in [0.29, 0.717) is 12.0 Å². The molecule has 3 unspecified atom stereocenters. The maximum atomic E-state index is 10.7. The summed E-state index contributed by atoms with van der Waals surface area (Å²) in [4.78, 5) is 10.4. The molecular weight excluding hydrogens is 264 g/mol. The minimum absolute atomic E-state index is 0.177. The molecule has 0 heterocycles. The van der Waals surface area contributed by atoms with E-state index >= 15 is 0 Å². The second-order valence-corrected chi connectivity index (χ2v) is 6.37. The summed E-state index contributed by atoms with van der Waals surface area (Å²) in [6.07, 6.45) is 5.98. The second kappa shape index (κ2) is 7.55. The Bertz CT molecular complexity index is 456.